The lowest BCUT2D eigenvalue weighted by Crippen LogP contribution is -2.46. The van der Waals surface area contributed by atoms with Crippen molar-refractivity contribution < 1.29 is 4.79 Å². The van der Waals surface area contributed by atoms with Crippen LogP contribution >= 0.6 is 23.5 Å². The monoisotopic (exact) mass is 295 g/mol. The van der Waals surface area contributed by atoms with Gasteiger partial charge in [0, 0.05) is 34.0 Å². The van der Waals surface area contributed by atoms with Crippen molar-refractivity contribution in [2.75, 3.05) is 25.1 Å². The van der Waals surface area contributed by atoms with Crippen LogP contribution in [0.5, 0.6) is 0 Å². The van der Waals surface area contributed by atoms with Crippen LogP contribution in [0.1, 0.15) is 24.2 Å². The molecule has 104 valence electrons. The van der Waals surface area contributed by atoms with E-state index in [9.17, 15) is 4.79 Å². The molecule has 1 aromatic rings. The molecule has 0 aromatic heterocycles. The van der Waals surface area contributed by atoms with Crippen molar-refractivity contribution in [1.29, 1.82) is 0 Å². The Bertz CT molecular complexity index is 432. The van der Waals surface area contributed by atoms with Crippen LogP contribution < -0.4 is 0 Å². The Hall–Kier alpha value is -0.450. The van der Waals surface area contributed by atoms with Crippen molar-refractivity contribution >= 4 is 29.3 Å². The normalized spacial score (nSPS) is 24.4. The van der Waals surface area contributed by atoms with Crippen LogP contribution in [0, 0.1) is 0 Å². The number of thioether (sulfide) groups is 2. The lowest BCUT2D eigenvalue weighted by molar-refractivity contribution is 0.0902. The number of Topliss-reactive ketones (excluding diaryl/α,β-unsaturated/α-hetero) is 1. The average molecular weight is 295 g/mol. The van der Waals surface area contributed by atoms with E-state index in [4.69, 9.17) is 0 Å². The molecule has 0 N–H and O–H groups in total. The highest BCUT2D eigenvalue weighted by molar-refractivity contribution is 8.00. The van der Waals surface area contributed by atoms with E-state index in [0.717, 1.165) is 17.9 Å². The molecule has 1 aliphatic rings. The van der Waals surface area contributed by atoms with Crippen molar-refractivity contribution in [2.24, 2.45) is 0 Å². The minimum absolute atomic E-state index is 0.235. The summed E-state index contributed by atoms with van der Waals surface area (Å²) >= 11 is 3.70. The van der Waals surface area contributed by atoms with Gasteiger partial charge in [-0.3, -0.25) is 9.69 Å². The number of nitrogens with zero attached hydrogens (tertiary/aromatic N) is 1. The Morgan fingerprint density at radius 1 is 1.37 bits per heavy atom. The van der Waals surface area contributed by atoms with Crippen molar-refractivity contribution in [1.82, 2.24) is 4.90 Å². The third-order valence-corrected chi connectivity index (χ3v) is 5.85. The molecule has 0 saturated carbocycles. The van der Waals surface area contributed by atoms with Gasteiger partial charge in [0.05, 0.1) is 6.54 Å². The molecule has 19 heavy (non-hydrogen) atoms. The third-order valence-electron chi connectivity index (χ3n) is 3.77. The fraction of sp³-hybridized carbons (Fsp3) is 0.533. The van der Waals surface area contributed by atoms with E-state index >= 15 is 0 Å². The summed E-state index contributed by atoms with van der Waals surface area (Å²) in [5.74, 6) is 1.36. The summed E-state index contributed by atoms with van der Waals surface area (Å²) in [6, 6.07) is 8.42. The zero-order valence-electron chi connectivity index (χ0n) is 11.8. The molecule has 4 heteroatoms. The molecule has 2 unspecified atom stereocenters. The van der Waals surface area contributed by atoms with Gasteiger partial charge in [0.15, 0.2) is 5.78 Å². The number of ketones is 1. The van der Waals surface area contributed by atoms with Crippen LogP contribution in [0.15, 0.2) is 29.2 Å². The quantitative estimate of drug-likeness (QED) is 0.626. The molecular formula is C15H21NOS2. The Morgan fingerprint density at radius 2 is 2.05 bits per heavy atom. The summed E-state index contributed by atoms with van der Waals surface area (Å²) in [5, 5.41) is 0.611. The Kier molecular flexibility index (Phi) is 5.37. The Morgan fingerprint density at radius 3 is 2.68 bits per heavy atom. The molecule has 0 aliphatic carbocycles. The summed E-state index contributed by atoms with van der Waals surface area (Å²) in [7, 11) is 0. The molecule has 1 aliphatic heterocycles. The molecule has 1 heterocycles. The van der Waals surface area contributed by atoms with Gasteiger partial charge in [0.1, 0.15) is 0 Å². The maximum Gasteiger partial charge on any atom is 0.176 e. The van der Waals surface area contributed by atoms with Crippen LogP contribution in [0.3, 0.4) is 0 Å². The molecule has 2 rings (SSSR count). The third kappa shape index (κ3) is 3.77. The number of rotatable bonds is 4. The molecule has 0 bridgehead atoms. The highest BCUT2D eigenvalue weighted by Gasteiger charge is 2.26. The van der Waals surface area contributed by atoms with Gasteiger partial charge < -0.3 is 0 Å². The fourth-order valence-corrected chi connectivity index (χ4v) is 3.84. The predicted molar refractivity (Wildman–Crippen MR) is 85.5 cm³/mol. The standard InChI is InChI=1S/C15H21NOS2/c1-11-12(2)19-9-8-16(11)10-15(17)13-4-6-14(18-3)7-5-13/h4-7,11-12H,8-10H2,1-3H3. The number of carbonyl (C=O) groups excluding carboxylic acids is 1. The lowest BCUT2D eigenvalue weighted by Gasteiger charge is -2.36. The van der Waals surface area contributed by atoms with Gasteiger partial charge in [-0.1, -0.05) is 19.1 Å². The van der Waals surface area contributed by atoms with Gasteiger partial charge in [0.25, 0.3) is 0 Å². The lowest BCUT2D eigenvalue weighted by atomic mass is 10.1. The summed E-state index contributed by atoms with van der Waals surface area (Å²) in [6.07, 6.45) is 2.05. The number of hydrogen-bond donors (Lipinski definition) is 0. The van der Waals surface area contributed by atoms with E-state index in [0.29, 0.717) is 17.8 Å². The van der Waals surface area contributed by atoms with Gasteiger partial charge in [0.2, 0.25) is 0 Å². The second kappa shape index (κ2) is 6.82. The first-order valence-corrected chi connectivity index (χ1v) is 8.92. The van der Waals surface area contributed by atoms with Crippen LogP contribution in [0.25, 0.3) is 0 Å². The molecule has 0 radical (unpaired) electrons. The molecule has 0 amide bonds. The number of benzene rings is 1. The molecule has 1 aromatic carbocycles. The first-order valence-electron chi connectivity index (χ1n) is 6.64. The minimum atomic E-state index is 0.235. The van der Waals surface area contributed by atoms with Crippen LogP contribution in [0.4, 0.5) is 0 Å². The molecule has 1 fully saturated rings. The van der Waals surface area contributed by atoms with Crippen molar-refractivity contribution in [2.45, 2.75) is 30.0 Å². The van der Waals surface area contributed by atoms with E-state index in [2.05, 4.69) is 18.7 Å². The maximum absolute atomic E-state index is 12.3. The van der Waals surface area contributed by atoms with Gasteiger partial charge in [-0.15, -0.1) is 11.8 Å². The van der Waals surface area contributed by atoms with Gasteiger partial charge in [-0.25, -0.2) is 0 Å². The van der Waals surface area contributed by atoms with E-state index in [1.807, 2.05) is 42.3 Å². The summed E-state index contributed by atoms with van der Waals surface area (Å²) in [6.45, 7) is 6.04. The zero-order chi connectivity index (χ0) is 13.8. The topological polar surface area (TPSA) is 20.3 Å². The maximum atomic E-state index is 12.3. The number of carbonyl (C=O) groups is 1. The van der Waals surface area contributed by atoms with Gasteiger partial charge in [-0.2, -0.15) is 11.8 Å². The summed E-state index contributed by atoms with van der Waals surface area (Å²) < 4.78 is 0. The molecule has 2 atom stereocenters. The Balaban J connectivity index is 1.99. The second-order valence-electron chi connectivity index (χ2n) is 4.94. The molecular weight excluding hydrogens is 274 g/mol. The number of hydrogen-bond acceptors (Lipinski definition) is 4. The van der Waals surface area contributed by atoms with Crippen LogP contribution in [-0.2, 0) is 0 Å². The average Bonchev–Trinajstić information content (AvgIpc) is 2.44. The van der Waals surface area contributed by atoms with Gasteiger partial charge in [-0.05, 0) is 25.3 Å². The minimum Gasteiger partial charge on any atom is -0.293 e. The fourth-order valence-electron chi connectivity index (χ4n) is 2.27. The SMILES string of the molecule is CSc1ccc(C(=O)CN2CCSC(C)C2C)cc1. The largest absolute Gasteiger partial charge is 0.293 e. The van der Waals surface area contributed by atoms with Crippen LogP contribution in [0.2, 0.25) is 0 Å². The molecule has 2 nitrogen and oxygen atoms in total. The summed E-state index contributed by atoms with van der Waals surface area (Å²) in [5.41, 5.74) is 0.830. The van der Waals surface area contributed by atoms with E-state index in [1.54, 1.807) is 11.8 Å². The molecule has 1 saturated heterocycles. The molecule has 0 spiro atoms. The second-order valence-corrected chi connectivity index (χ2v) is 7.30. The smallest absolute Gasteiger partial charge is 0.176 e. The van der Waals surface area contributed by atoms with Gasteiger partial charge >= 0.3 is 0 Å². The summed E-state index contributed by atoms with van der Waals surface area (Å²) in [4.78, 5) is 15.8. The predicted octanol–water partition coefficient (Wildman–Crippen LogP) is 3.42. The highest BCUT2D eigenvalue weighted by Crippen LogP contribution is 2.24. The first kappa shape index (κ1) is 14.9. The van der Waals surface area contributed by atoms with Crippen LogP contribution in [-0.4, -0.2) is 47.1 Å². The van der Waals surface area contributed by atoms with Crippen molar-refractivity contribution in [3.8, 4) is 0 Å². The highest BCUT2D eigenvalue weighted by atomic mass is 32.2. The van der Waals surface area contributed by atoms with Crippen molar-refractivity contribution in [3.63, 3.8) is 0 Å². The Labute approximate surface area is 124 Å². The van der Waals surface area contributed by atoms with E-state index in [-0.39, 0.29) is 5.78 Å². The van der Waals surface area contributed by atoms with Crippen molar-refractivity contribution in [3.05, 3.63) is 29.8 Å². The first-order chi connectivity index (χ1) is 9.11. The van der Waals surface area contributed by atoms with E-state index in [1.165, 1.54) is 4.90 Å². The zero-order valence-corrected chi connectivity index (χ0v) is 13.4. The van der Waals surface area contributed by atoms with E-state index < -0.39 is 0 Å².